The first-order chi connectivity index (χ1) is 8.52. The number of hydrogen-bond acceptors (Lipinski definition) is 3. The van der Waals surface area contributed by atoms with E-state index in [0.29, 0.717) is 19.1 Å². The molecule has 0 aliphatic carbocycles. The number of amides is 1. The van der Waals surface area contributed by atoms with Crippen LogP contribution in [0.25, 0.3) is 0 Å². The molecule has 0 aliphatic heterocycles. The molecule has 0 fully saturated rings. The molecule has 1 aromatic heterocycles. The summed E-state index contributed by atoms with van der Waals surface area (Å²) in [6.45, 7) is 11.7. The lowest BCUT2D eigenvalue weighted by atomic mass is 10.3. The molecule has 4 heteroatoms. The normalized spacial score (nSPS) is 10.9. The zero-order chi connectivity index (χ0) is 13.5. The summed E-state index contributed by atoms with van der Waals surface area (Å²) < 4.78 is 0. The van der Waals surface area contributed by atoms with Gasteiger partial charge in [0, 0.05) is 28.9 Å². The van der Waals surface area contributed by atoms with Crippen molar-refractivity contribution < 1.29 is 4.79 Å². The SMILES string of the molecule is C=CCNC(=O)CN(Cc1ccc(C)s1)C(C)C. The highest BCUT2D eigenvalue weighted by Crippen LogP contribution is 2.18. The zero-order valence-corrected chi connectivity index (χ0v) is 12.2. The van der Waals surface area contributed by atoms with E-state index in [1.807, 2.05) is 0 Å². The maximum Gasteiger partial charge on any atom is 0.234 e. The van der Waals surface area contributed by atoms with Gasteiger partial charge in [0.25, 0.3) is 0 Å². The van der Waals surface area contributed by atoms with Crippen molar-refractivity contribution in [2.24, 2.45) is 0 Å². The summed E-state index contributed by atoms with van der Waals surface area (Å²) in [5.41, 5.74) is 0. The molecule has 100 valence electrons. The van der Waals surface area contributed by atoms with Crippen LogP contribution in [0.4, 0.5) is 0 Å². The summed E-state index contributed by atoms with van der Waals surface area (Å²) >= 11 is 1.79. The van der Waals surface area contributed by atoms with Crippen LogP contribution in [0.3, 0.4) is 0 Å². The lowest BCUT2D eigenvalue weighted by molar-refractivity contribution is -0.122. The van der Waals surface area contributed by atoms with E-state index in [2.05, 4.69) is 49.7 Å². The smallest absolute Gasteiger partial charge is 0.234 e. The minimum Gasteiger partial charge on any atom is -0.352 e. The van der Waals surface area contributed by atoms with Crippen molar-refractivity contribution in [3.63, 3.8) is 0 Å². The molecule has 3 nitrogen and oxygen atoms in total. The molecule has 1 rings (SSSR count). The first-order valence-corrected chi connectivity index (χ1v) is 7.01. The topological polar surface area (TPSA) is 32.3 Å². The minimum absolute atomic E-state index is 0.0527. The van der Waals surface area contributed by atoms with Gasteiger partial charge in [0.15, 0.2) is 0 Å². The van der Waals surface area contributed by atoms with Gasteiger partial charge in [0.1, 0.15) is 0 Å². The van der Waals surface area contributed by atoms with Gasteiger partial charge in [0.2, 0.25) is 5.91 Å². The van der Waals surface area contributed by atoms with E-state index in [9.17, 15) is 4.79 Å². The molecule has 1 amide bonds. The Kier molecular flexibility index (Phi) is 6.09. The summed E-state index contributed by atoms with van der Waals surface area (Å²) in [4.78, 5) is 16.5. The van der Waals surface area contributed by atoms with Crippen molar-refractivity contribution in [3.8, 4) is 0 Å². The number of hydrogen-bond donors (Lipinski definition) is 1. The van der Waals surface area contributed by atoms with Gasteiger partial charge < -0.3 is 5.32 Å². The summed E-state index contributed by atoms with van der Waals surface area (Å²) in [6.07, 6.45) is 1.69. The van der Waals surface area contributed by atoms with Gasteiger partial charge in [-0.2, -0.15) is 0 Å². The summed E-state index contributed by atoms with van der Waals surface area (Å²) in [5.74, 6) is 0.0527. The van der Waals surface area contributed by atoms with Crippen molar-refractivity contribution in [3.05, 3.63) is 34.5 Å². The van der Waals surface area contributed by atoms with E-state index < -0.39 is 0 Å². The third kappa shape index (κ3) is 5.02. The number of nitrogens with zero attached hydrogens (tertiary/aromatic N) is 1. The van der Waals surface area contributed by atoms with Crippen LogP contribution in [0, 0.1) is 6.92 Å². The fourth-order valence-electron chi connectivity index (χ4n) is 1.62. The second-order valence-electron chi connectivity index (χ2n) is 4.60. The van der Waals surface area contributed by atoms with Crippen molar-refractivity contribution in [1.29, 1.82) is 0 Å². The molecule has 0 spiro atoms. The van der Waals surface area contributed by atoms with Gasteiger partial charge >= 0.3 is 0 Å². The predicted octanol–water partition coefficient (Wildman–Crippen LogP) is 2.57. The highest BCUT2D eigenvalue weighted by Gasteiger charge is 2.14. The average molecular weight is 266 g/mol. The predicted molar refractivity (Wildman–Crippen MR) is 77.8 cm³/mol. The molecule has 0 saturated heterocycles. The second-order valence-corrected chi connectivity index (χ2v) is 5.98. The van der Waals surface area contributed by atoms with E-state index >= 15 is 0 Å². The highest BCUT2D eigenvalue weighted by atomic mass is 32.1. The number of carbonyl (C=O) groups excluding carboxylic acids is 1. The molecule has 0 aliphatic rings. The third-order valence-corrected chi connectivity index (χ3v) is 3.66. The van der Waals surface area contributed by atoms with Crippen molar-refractivity contribution in [2.45, 2.75) is 33.4 Å². The van der Waals surface area contributed by atoms with Gasteiger partial charge in [-0.05, 0) is 32.9 Å². The molecule has 0 unspecified atom stereocenters. The van der Waals surface area contributed by atoms with Crippen LogP contribution in [0.2, 0.25) is 0 Å². The molecule has 0 atom stereocenters. The van der Waals surface area contributed by atoms with E-state index in [1.165, 1.54) is 9.75 Å². The Morgan fingerprint density at radius 2 is 2.28 bits per heavy atom. The second kappa shape index (κ2) is 7.34. The first-order valence-electron chi connectivity index (χ1n) is 6.20. The first kappa shape index (κ1) is 14.9. The Balaban J connectivity index is 2.54. The average Bonchev–Trinajstić information content (AvgIpc) is 2.71. The number of rotatable bonds is 7. The Labute approximate surface area is 114 Å². The fraction of sp³-hybridized carbons (Fsp3) is 0.500. The molecule has 0 saturated carbocycles. The Hall–Kier alpha value is -1.13. The monoisotopic (exact) mass is 266 g/mol. The highest BCUT2D eigenvalue weighted by molar-refractivity contribution is 7.11. The number of aryl methyl sites for hydroxylation is 1. The number of nitrogens with one attached hydrogen (secondary N) is 1. The molecule has 0 radical (unpaired) electrons. The summed E-state index contributed by atoms with van der Waals surface area (Å²) in [6, 6.07) is 4.61. The van der Waals surface area contributed by atoms with Gasteiger partial charge in [-0.1, -0.05) is 6.08 Å². The summed E-state index contributed by atoms with van der Waals surface area (Å²) in [7, 11) is 0. The molecule has 1 aromatic rings. The van der Waals surface area contributed by atoms with Crippen LogP contribution in [0.5, 0.6) is 0 Å². The maximum atomic E-state index is 11.7. The molecule has 0 bridgehead atoms. The van der Waals surface area contributed by atoms with Gasteiger partial charge in [-0.15, -0.1) is 17.9 Å². The maximum absolute atomic E-state index is 11.7. The molecule has 1 heterocycles. The minimum atomic E-state index is 0.0527. The number of carbonyl (C=O) groups is 1. The Bertz CT molecular complexity index is 398. The quantitative estimate of drug-likeness (QED) is 0.769. The third-order valence-electron chi connectivity index (χ3n) is 2.68. The Morgan fingerprint density at radius 3 is 2.78 bits per heavy atom. The number of thiophene rings is 1. The Morgan fingerprint density at radius 1 is 1.56 bits per heavy atom. The van der Waals surface area contributed by atoms with Gasteiger partial charge in [-0.3, -0.25) is 9.69 Å². The largest absolute Gasteiger partial charge is 0.352 e. The molecular formula is C14H22N2OS. The lowest BCUT2D eigenvalue weighted by Gasteiger charge is -2.25. The standard InChI is InChI=1S/C14H22N2OS/c1-5-8-15-14(17)10-16(11(2)3)9-13-7-6-12(4)18-13/h5-7,11H,1,8-10H2,2-4H3,(H,15,17). The molecule has 0 aromatic carbocycles. The van der Waals surface area contributed by atoms with Gasteiger partial charge in [0.05, 0.1) is 6.54 Å². The van der Waals surface area contributed by atoms with Crippen molar-refractivity contribution in [2.75, 3.05) is 13.1 Å². The zero-order valence-electron chi connectivity index (χ0n) is 11.4. The van der Waals surface area contributed by atoms with Crippen LogP contribution in [0.15, 0.2) is 24.8 Å². The molecule has 18 heavy (non-hydrogen) atoms. The van der Waals surface area contributed by atoms with E-state index in [0.717, 1.165) is 6.54 Å². The van der Waals surface area contributed by atoms with Crippen molar-refractivity contribution >= 4 is 17.2 Å². The van der Waals surface area contributed by atoms with E-state index in [1.54, 1.807) is 17.4 Å². The van der Waals surface area contributed by atoms with Crippen molar-refractivity contribution in [1.82, 2.24) is 10.2 Å². The van der Waals surface area contributed by atoms with Gasteiger partial charge in [-0.25, -0.2) is 0 Å². The van der Waals surface area contributed by atoms with Crippen LogP contribution in [-0.4, -0.2) is 29.9 Å². The molecular weight excluding hydrogens is 244 g/mol. The van der Waals surface area contributed by atoms with Crippen LogP contribution < -0.4 is 5.32 Å². The lowest BCUT2D eigenvalue weighted by Crippen LogP contribution is -2.40. The summed E-state index contributed by atoms with van der Waals surface area (Å²) in [5, 5.41) is 2.81. The van der Waals surface area contributed by atoms with Crippen LogP contribution >= 0.6 is 11.3 Å². The van der Waals surface area contributed by atoms with Crippen LogP contribution in [0.1, 0.15) is 23.6 Å². The van der Waals surface area contributed by atoms with Crippen LogP contribution in [-0.2, 0) is 11.3 Å². The van der Waals surface area contributed by atoms with E-state index in [4.69, 9.17) is 0 Å². The molecule has 1 N–H and O–H groups in total. The fourth-order valence-corrected chi connectivity index (χ4v) is 2.53. The van der Waals surface area contributed by atoms with E-state index in [-0.39, 0.29) is 5.91 Å².